The average molecular weight is 488 g/mol. The summed E-state index contributed by atoms with van der Waals surface area (Å²) in [4.78, 5) is 26.2. The van der Waals surface area contributed by atoms with Crippen LogP contribution in [0, 0.1) is 17.6 Å². The zero-order valence-corrected chi connectivity index (χ0v) is 20.0. The number of nitrogens with zero attached hydrogens (tertiary/aromatic N) is 2. The van der Waals surface area contributed by atoms with Crippen molar-refractivity contribution in [2.45, 2.75) is 63.0 Å². The zero-order valence-electron chi connectivity index (χ0n) is 19.1. The monoisotopic (exact) mass is 487 g/mol. The molecule has 2 heterocycles. The van der Waals surface area contributed by atoms with Crippen LogP contribution in [0.3, 0.4) is 0 Å². The Bertz CT molecular complexity index is 996. The van der Waals surface area contributed by atoms with Crippen LogP contribution in [0.1, 0.15) is 46.5 Å². The van der Waals surface area contributed by atoms with Crippen molar-refractivity contribution in [3.8, 4) is 0 Å². The average Bonchev–Trinajstić information content (AvgIpc) is 2.72. The van der Waals surface area contributed by atoms with Crippen molar-refractivity contribution in [3.63, 3.8) is 0 Å². The first-order valence-corrected chi connectivity index (χ1v) is 12.5. The number of halogens is 2. The predicted molar refractivity (Wildman–Crippen MR) is 117 cm³/mol. The number of ether oxygens (including phenoxy) is 1. The van der Waals surface area contributed by atoms with E-state index in [2.05, 4.69) is 5.32 Å². The van der Waals surface area contributed by atoms with Crippen molar-refractivity contribution >= 4 is 22.0 Å². The minimum absolute atomic E-state index is 0.00656. The minimum atomic E-state index is -4.17. The number of benzene rings is 1. The van der Waals surface area contributed by atoms with E-state index < -0.39 is 50.2 Å². The van der Waals surface area contributed by atoms with Crippen molar-refractivity contribution in [1.82, 2.24) is 14.5 Å². The van der Waals surface area contributed by atoms with E-state index in [1.807, 2.05) is 0 Å². The summed E-state index contributed by atoms with van der Waals surface area (Å²) < 4.78 is 59.6. The molecule has 8 nitrogen and oxygen atoms in total. The lowest BCUT2D eigenvalue weighted by Gasteiger charge is -2.36. The van der Waals surface area contributed by atoms with Crippen molar-refractivity contribution in [1.29, 1.82) is 0 Å². The largest absolute Gasteiger partial charge is 0.444 e. The molecule has 2 aliphatic heterocycles. The SMILES string of the molecule is CC(C)(C)OC(=O)N1CCC[C@H](C(=O)N[C@H]2CCCN(S(=O)(=O)c3ccc(F)cc3F)C2)C1. The molecule has 2 amide bonds. The van der Waals surface area contributed by atoms with Gasteiger partial charge in [-0.15, -0.1) is 0 Å². The Morgan fingerprint density at radius 2 is 1.79 bits per heavy atom. The lowest BCUT2D eigenvalue weighted by atomic mass is 9.96. The number of carbonyl (C=O) groups excluding carboxylic acids is 2. The van der Waals surface area contributed by atoms with Crippen molar-refractivity contribution in [3.05, 3.63) is 29.8 Å². The topological polar surface area (TPSA) is 96.0 Å². The molecule has 1 N–H and O–H groups in total. The van der Waals surface area contributed by atoms with Crippen LogP contribution >= 0.6 is 0 Å². The highest BCUT2D eigenvalue weighted by atomic mass is 32.2. The zero-order chi connectivity index (χ0) is 24.4. The molecule has 3 rings (SSSR count). The highest BCUT2D eigenvalue weighted by Gasteiger charge is 2.35. The van der Waals surface area contributed by atoms with E-state index in [1.54, 1.807) is 20.8 Å². The first kappa shape index (κ1) is 25.4. The number of hydrogen-bond donors (Lipinski definition) is 1. The van der Waals surface area contributed by atoms with Gasteiger partial charge in [0.1, 0.15) is 22.1 Å². The van der Waals surface area contributed by atoms with Gasteiger partial charge < -0.3 is 15.0 Å². The number of piperidine rings is 2. The van der Waals surface area contributed by atoms with E-state index in [9.17, 15) is 26.8 Å². The van der Waals surface area contributed by atoms with Gasteiger partial charge in [0.15, 0.2) is 0 Å². The van der Waals surface area contributed by atoms with Crippen LogP contribution in [0.25, 0.3) is 0 Å². The van der Waals surface area contributed by atoms with Crippen LogP contribution in [0.2, 0.25) is 0 Å². The number of carbonyl (C=O) groups is 2. The molecular formula is C22H31F2N3O5S. The number of likely N-dealkylation sites (tertiary alicyclic amines) is 1. The molecular weight excluding hydrogens is 456 g/mol. The summed E-state index contributed by atoms with van der Waals surface area (Å²) in [6.07, 6.45) is 1.87. The van der Waals surface area contributed by atoms with Gasteiger partial charge in [0.25, 0.3) is 0 Å². The number of hydrogen-bond acceptors (Lipinski definition) is 5. The van der Waals surface area contributed by atoms with Gasteiger partial charge in [0.2, 0.25) is 15.9 Å². The standard InChI is InChI=1S/C22H31F2N3O5S/c1-22(2,3)32-21(29)26-10-4-6-15(13-26)20(28)25-17-7-5-11-27(14-17)33(30,31)19-9-8-16(23)12-18(19)24/h8-9,12,15,17H,4-7,10-11,13-14H2,1-3H3,(H,25,28)/t15-,17-/m0/s1. The Balaban J connectivity index is 1.61. The summed E-state index contributed by atoms with van der Waals surface area (Å²) in [5.74, 6) is -2.68. The first-order chi connectivity index (χ1) is 15.4. The quantitative estimate of drug-likeness (QED) is 0.705. The molecule has 2 fully saturated rings. The molecule has 0 radical (unpaired) electrons. The van der Waals surface area contributed by atoms with E-state index in [0.29, 0.717) is 38.3 Å². The van der Waals surface area contributed by atoms with E-state index in [1.165, 1.54) is 4.90 Å². The number of rotatable bonds is 4. The summed E-state index contributed by atoms with van der Waals surface area (Å²) >= 11 is 0. The molecule has 2 saturated heterocycles. The van der Waals surface area contributed by atoms with Gasteiger partial charge >= 0.3 is 6.09 Å². The van der Waals surface area contributed by atoms with E-state index in [0.717, 1.165) is 16.4 Å². The molecule has 184 valence electrons. The first-order valence-electron chi connectivity index (χ1n) is 11.1. The van der Waals surface area contributed by atoms with Gasteiger partial charge in [-0.05, 0) is 58.6 Å². The summed E-state index contributed by atoms with van der Waals surface area (Å²) in [6, 6.07) is 1.91. The fourth-order valence-corrected chi connectivity index (χ4v) is 5.67. The Kier molecular flexibility index (Phi) is 7.62. The summed E-state index contributed by atoms with van der Waals surface area (Å²) in [5, 5.41) is 2.90. The van der Waals surface area contributed by atoms with E-state index in [4.69, 9.17) is 4.74 Å². The second-order valence-corrected chi connectivity index (χ2v) is 11.5. The van der Waals surface area contributed by atoms with Crippen LogP contribution < -0.4 is 5.32 Å². The second kappa shape index (κ2) is 9.92. The maximum Gasteiger partial charge on any atom is 0.410 e. The third-order valence-corrected chi connectivity index (χ3v) is 7.58. The molecule has 2 aliphatic rings. The highest BCUT2D eigenvalue weighted by molar-refractivity contribution is 7.89. The number of nitrogens with one attached hydrogen (secondary N) is 1. The molecule has 0 aliphatic carbocycles. The predicted octanol–water partition coefficient (Wildman–Crippen LogP) is 2.88. The van der Waals surface area contributed by atoms with Crippen LogP contribution in [0.4, 0.5) is 13.6 Å². The molecule has 2 atom stereocenters. The van der Waals surface area contributed by atoms with E-state index >= 15 is 0 Å². The molecule has 11 heteroatoms. The Hall–Kier alpha value is -2.27. The molecule has 0 bridgehead atoms. The minimum Gasteiger partial charge on any atom is -0.444 e. The van der Waals surface area contributed by atoms with Gasteiger partial charge in [-0.2, -0.15) is 4.31 Å². The summed E-state index contributed by atoms with van der Waals surface area (Å²) in [7, 11) is -4.17. The van der Waals surface area contributed by atoms with Gasteiger partial charge in [0, 0.05) is 38.3 Å². The van der Waals surface area contributed by atoms with E-state index in [-0.39, 0.29) is 25.5 Å². The Morgan fingerprint density at radius 1 is 1.09 bits per heavy atom. The fourth-order valence-electron chi connectivity index (χ4n) is 4.10. The van der Waals surface area contributed by atoms with Crippen molar-refractivity contribution in [2.24, 2.45) is 5.92 Å². The van der Waals surface area contributed by atoms with Crippen LogP contribution in [-0.2, 0) is 19.6 Å². The maximum atomic E-state index is 14.1. The fraction of sp³-hybridized carbons (Fsp3) is 0.636. The molecule has 33 heavy (non-hydrogen) atoms. The van der Waals surface area contributed by atoms with Crippen molar-refractivity contribution < 1.29 is 31.5 Å². The van der Waals surface area contributed by atoms with Crippen LogP contribution in [0.15, 0.2) is 23.1 Å². The third-order valence-electron chi connectivity index (χ3n) is 5.69. The number of amides is 2. The molecule has 1 aromatic rings. The van der Waals surface area contributed by atoms with Gasteiger partial charge in [-0.1, -0.05) is 0 Å². The van der Waals surface area contributed by atoms with Gasteiger partial charge in [0.05, 0.1) is 5.92 Å². The van der Waals surface area contributed by atoms with Crippen LogP contribution in [-0.4, -0.2) is 67.4 Å². The normalized spacial score (nSPS) is 22.6. The summed E-state index contributed by atoms with van der Waals surface area (Å²) in [6.45, 7) is 6.25. The Morgan fingerprint density at radius 3 is 2.45 bits per heavy atom. The molecule has 0 aromatic heterocycles. The molecule has 0 saturated carbocycles. The van der Waals surface area contributed by atoms with Crippen molar-refractivity contribution in [2.75, 3.05) is 26.2 Å². The number of sulfonamides is 1. The molecule has 1 aromatic carbocycles. The maximum absolute atomic E-state index is 14.1. The molecule has 0 spiro atoms. The second-order valence-electron chi connectivity index (χ2n) is 9.55. The smallest absolute Gasteiger partial charge is 0.410 e. The summed E-state index contributed by atoms with van der Waals surface area (Å²) in [5.41, 5.74) is -0.632. The van der Waals surface area contributed by atoms with Gasteiger partial charge in [-0.3, -0.25) is 4.79 Å². The third kappa shape index (κ3) is 6.41. The van der Waals surface area contributed by atoms with Crippen LogP contribution in [0.5, 0.6) is 0 Å². The molecule has 0 unspecified atom stereocenters. The highest BCUT2D eigenvalue weighted by Crippen LogP contribution is 2.25. The lowest BCUT2D eigenvalue weighted by Crippen LogP contribution is -2.53. The lowest BCUT2D eigenvalue weighted by molar-refractivity contribution is -0.127. The van der Waals surface area contributed by atoms with Gasteiger partial charge in [-0.25, -0.2) is 22.0 Å². The Labute approximate surface area is 193 Å².